The molecule has 0 aromatic heterocycles. The summed E-state index contributed by atoms with van der Waals surface area (Å²) in [6.45, 7) is 1.24. The molecule has 0 aliphatic heterocycles. The fourth-order valence-electron chi connectivity index (χ4n) is 1.99. The summed E-state index contributed by atoms with van der Waals surface area (Å²) < 4.78 is 22.3. The molecule has 7 heteroatoms. The third kappa shape index (κ3) is 4.87. The number of esters is 2. The van der Waals surface area contributed by atoms with Gasteiger partial charge in [-0.15, -0.1) is 0 Å². The Morgan fingerprint density at radius 3 is 2.28 bits per heavy atom. The van der Waals surface area contributed by atoms with E-state index in [1.807, 2.05) is 0 Å². The minimum atomic E-state index is -0.741. The van der Waals surface area contributed by atoms with Crippen molar-refractivity contribution in [3.05, 3.63) is 65.0 Å². The number of hydrogen-bond acceptors (Lipinski definition) is 5. The quantitative estimate of drug-likeness (QED) is 0.843. The van der Waals surface area contributed by atoms with Crippen LogP contribution in [0.4, 0.5) is 10.1 Å². The van der Waals surface area contributed by atoms with Crippen LogP contribution in [0.5, 0.6) is 0 Å². The van der Waals surface area contributed by atoms with Crippen molar-refractivity contribution in [2.75, 3.05) is 19.0 Å². The minimum absolute atomic E-state index is 0.137. The first kappa shape index (κ1) is 18.1. The lowest BCUT2D eigenvalue weighted by molar-refractivity contribution is -0.119. The highest BCUT2D eigenvalue weighted by atomic mass is 19.1. The number of aryl methyl sites for hydroxylation is 1. The zero-order valence-electron chi connectivity index (χ0n) is 13.7. The molecule has 2 aromatic rings. The lowest BCUT2D eigenvalue weighted by Crippen LogP contribution is -2.21. The molecule has 0 atom stereocenters. The number of benzene rings is 2. The molecule has 2 aromatic carbocycles. The van der Waals surface area contributed by atoms with E-state index in [2.05, 4.69) is 10.1 Å². The Morgan fingerprint density at radius 2 is 1.64 bits per heavy atom. The van der Waals surface area contributed by atoms with E-state index in [4.69, 9.17) is 4.74 Å². The van der Waals surface area contributed by atoms with Gasteiger partial charge in [-0.3, -0.25) is 4.79 Å². The predicted octanol–water partition coefficient (Wildman–Crippen LogP) is 2.72. The predicted molar refractivity (Wildman–Crippen MR) is 87.8 cm³/mol. The van der Waals surface area contributed by atoms with Crippen LogP contribution in [0.1, 0.15) is 26.3 Å². The van der Waals surface area contributed by atoms with E-state index in [1.165, 1.54) is 25.3 Å². The highest BCUT2D eigenvalue weighted by Gasteiger charge is 2.13. The van der Waals surface area contributed by atoms with Crippen LogP contribution in [0.15, 0.2) is 42.5 Å². The zero-order chi connectivity index (χ0) is 18.4. The van der Waals surface area contributed by atoms with Crippen molar-refractivity contribution in [1.29, 1.82) is 0 Å². The van der Waals surface area contributed by atoms with E-state index in [0.29, 0.717) is 5.69 Å². The number of hydrogen-bond donors (Lipinski definition) is 1. The van der Waals surface area contributed by atoms with E-state index in [0.717, 1.165) is 17.7 Å². The molecular formula is C18H16FNO5. The second-order valence-electron chi connectivity index (χ2n) is 5.15. The van der Waals surface area contributed by atoms with Gasteiger partial charge in [0.2, 0.25) is 0 Å². The molecule has 0 heterocycles. The molecule has 6 nitrogen and oxygen atoms in total. The maximum Gasteiger partial charge on any atom is 0.338 e. The average Bonchev–Trinajstić information content (AvgIpc) is 2.61. The minimum Gasteiger partial charge on any atom is -0.465 e. The van der Waals surface area contributed by atoms with E-state index < -0.39 is 30.3 Å². The fourth-order valence-corrected chi connectivity index (χ4v) is 1.99. The van der Waals surface area contributed by atoms with Crippen LogP contribution < -0.4 is 5.32 Å². The SMILES string of the molecule is COC(=O)c1ccc(C)c(NC(=O)COC(=O)c2ccc(F)cc2)c1. The van der Waals surface area contributed by atoms with Gasteiger partial charge in [-0.05, 0) is 48.9 Å². The second kappa shape index (κ2) is 8.05. The van der Waals surface area contributed by atoms with E-state index in [-0.39, 0.29) is 11.1 Å². The van der Waals surface area contributed by atoms with Gasteiger partial charge in [0.05, 0.1) is 18.2 Å². The third-order valence-electron chi connectivity index (χ3n) is 3.35. The molecule has 130 valence electrons. The molecule has 2 rings (SSSR count). The van der Waals surface area contributed by atoms with Crippen LogP contribution in [-0.4, -0.2) is 31.6 Å². The lowest BCUT2D eigenvalue weighted by Gasteiger charge is -2.10. The summed E-state index contributed by atoms with van der Waals surface area (Å²) in [5, 5.41) is 2.56. The normalized spacial score (nSPS) is 10.0. The van der Waals surface area contributed by atoms with Gasteiger partial charge in [-0.1, -0.05) is 6.07 Å². The second-order valence-corrected chi connectivity index (χ2v) is 5.15. The Kier molecular flexibility index (Phi) is 5.84. The molecule has 0 fully saturated rings. The van der Waals surface area contributed by atoms with Crippen molar-refractivity contribution in [3.63, 3.8) is 0 Å². The Morgan fingerprint density at radius 1 is 1.00 bits per heavy atom. The van der Waals surface area contributed by atoms with E-state index in [9.17, 15) is 18.8 Å². The average molecular weight is 345 g/mol. The summed E-state index contributed by atoms with van der Waals surface area (Å²) in [6, 6.07) is 9.48. The smallest absolute Gasteiger partial charge is 0.338 e. The van der Waals surface area contributed by atoms with Gasteiger partial charge >= 0.3 is 11.9 Å². The first-order chi connectivity index (χ1) is 11.9. The van der Waals surface area contributed by atoms with E-state index >= 15 is 0 Å². The maximum atomic E-state index is 12.8. The van der Waals surface area contributed by atoms with Gasteiger partial charge in [0.1, 0.15) is 5.82 Å². The van der Waals surface area contributed by atoms with Gasteiger partial charge in [0.25, 0.3) is 5.91 Å². The van der Waals surface area contributed by atoms with Crippen LogP contribution in [0.3, 0.4) is 0 Å². The summed E-state index contributed by atoms with van der Waals surface area (Å²) in [6.07, 6.45) is 0. The van der Waals surface area contributed by atoms with Crippen LogP contribution in [0.2, 0.25) is 0 Å². The number of methoxy groups -OCH3 is 1. The van der Waals surface area contributed by atoms with Crippen LogP contribution >= 0.6 is 0 Å². The molecule has 1 amide bonds. The summed E-state index contributed by atoms with van der Waals surface area (Å²) in [5.41, 5.74) is 1.56. The monoisotopic (exact) mass is 345 g/mol. The van der Waals surface area contributed by atoms with Gasteiger partial charge in [0, 0.05) is 5.69 Å². The number of amides is 1. The molecule has 0 radical (unpaired) electrons. The molecule has 1 N–H and O–H groups in total. The highest BCUT2D eigenvalue weighted by molar-refractivity contribution is 5.97. The first-order valence-corrected chi connectivity index (χ1v) is 7.32. The molecule has 25 heavy (non-hydrogen) atoms. The van der Waals surface area contributed by atoms with Crippen LogP contribution in [-0.2, 0) is 14.3 Å². The number of nitrogens with one attached hydrogen (secondary N) is 1. The largest absolute Gasteiger partial charge is 0.465 e. The van der Waals surface area contributed by atoms with Crippen molar-refractivity contribution in [3.8, 4) is 0 Å². The molecule has 0 aliphatic carbocycles. The Bertz CT molecular complexity index is 802. The molecular weight excluding hydrogens is 329 g/mol. The van der Waals surface area contributed by atoms with Gasteiger partial charge in [-0.25, -0.2) is 14.0 Å². The van der Waals surface area contributed by atoms with Gasteiger partial charge in [0.15, 0.2) is 6.61 Å². The number of carbonyl (C=O) groups is 3. The van der Waals surface area contributed by atoms with Gasteiger partial charge in [-0.2, -0.15) is 0 Å². The number of halogens is 1. The molecule has 0 saturated carbocycles. The van der Waals surface area contributed by atoms with Crippen molar-refractivity contribution in [1.82, 2.24) is 0 Å². The van der Waals surface area contributed by atoms with Gasteiger partial charge < -0.3 is 14.8 Å². The van der Waals surface area contributed by atoms with Crippen molar-refractivity contribution < 1.29 is 28.2 Å². The molecule has 0 aliphatic rings. The topological polar surface area (TPSA) is 81.7 Å². The number of anilines is 1. The Balaban J connectivity index is 1.97. The Labute approximate surface area is 143 Å². The highest BCUT2D eigenvalue weighted by Crippen LogP contribution is 2.17. The van der Waals surface area contributed by atoms with Crippen molar-refractivity contribution >= 4 is 23.5 Å². The van der Waals surface area contributed by atoms with Crippen LogP contribution in [0.25, 0.3) is 0 Å². The van der Waals surface area contributed by atoms with Crippen molar-refractivity contribution in [2.24, 2.45) is 0 Å². The molecule has 0 unspecified atom stereocenters. The lowest BCUT2D eigenvalue weighted by atomic mass is 10.1. The number of ether oxygens (including phenoxy) is 2. The van der Waals surface area contributed by atoms with Crippen molar-refractivity contribution in [2.45, 2.75) is 6.92 Å². The van der Waals surface area contributed by atoms with Crippen LogP contribution in [0, 0.1) is 12.7 Å². The Hall–Kier alpha value is -3.22. The summed E-state index contributed by atoms with van der Waals surface area (Å²) in [5.74, 6) is -2.32. The molecule has 0 saturated heterocycles. The standard InChI is InChI=1S/C18H16FNO5/c1-11-3-4-13(17(22)24-2)9-15(11)20-16(21)10-25-18(23)12-5-7-14(19)8-6-12/h3-9H,10H2,1-2H3,(H,20,21). The number of rotatable bonds is 5. The summed E-state index contributed by atoms with van der Waals surface area (Å²) >= 11 is 0. The zero-order valence-corrected chi connectivity index (χ0v) is 13.7. The van der Waals surface area contributed by atoms with E-state index in [1.54, 1.807) is 19.1 Å². The third-order valence-corrected chi connectivity index (χ3v) is 3.35. The first-order valence-electron chi connectivity index (χ1n) is 7.32. The molecule has 0 spiro atoms. The maximum absolute atomic E-state index is 12.8. The number of carbonyl (C=O) groups excluding carboxylic acids is 3. The fraction of sp³-hybridized carbons (Fsp3) is 0.167. The molecule has 0 bridgehead atoms. The summed E-state index contributed by atoms with van der Waals surface area (Å²) in [4.78, 5) is 35.2. The summed E-state index contributed by atoms with van der Waals surface area (Å²) in [7, 11) is 1.26.